The molecule has 0 bridgehead atoms. The Kier molecular flexibility index (Phi) is 5.79. The molecule has 21 heavy (non-hydrogen) atoms. The first kappa shape index (κ1) is 16.0. The molecule has 0 atom stereocenters. The Morgan fingerprint density at radius 3 is 2.62 bits per heavy atom. The van der Waals surface area contributed by atoms with Crippen LogP contribution in [0.25, 0.3) is 11.5 Å². The smallest absolute Gasteiger partial charge is 0.226 e. The molecule has 0 aliphatic carbocycles. The first-order valence-corrected chi connectivity index (χ1v) is 7.53. The monoisotopic (exact) mass is 308 g/mol. The van der Waals surface area contributed by atoms with E-state index in [-0.39, 0.29) is 6.61 Å². The molecule has 4 nitrogen and oxygen atoms in total. The molecule has 1 aromatic heterocycles. The number of aliphatic hydroxyl groups is 1. The summed E-state index contributed by atoms with van der Waals surface area (Å²) in [7, 11) is 0. The van der Waals surface area contributed by atoms with Gasteiger partial charge in [-0.1, -0.05) is 11.6 Å². The molecule has 0 fully saturated rings. The highest BCUT2D eigenvalue weighted by molar-refractivity contribution is 6.30. The van der Waals surface area contributed by atoms with Gasteiger partial charge in [-0.2, -0.15) is 0 Å². The highest BCUT2D eigenvalue weighted by atomic mass is 35.5. The molecule has 0 unspecified atom stereocenters. The van der Waals surface area contributed by atoms with E-state index in [4.69, 9.17) is 21.1 Å². The quantitative estimate of drug-likeness (QED) is 0.849. The second-order valence-corrected chi connectivity index (χ2v) is 5.73. The summed E-state index contributed by atoms with van der Waals surface area (Å²) >= 11 is 5.88. The summed E-state index contributed by atoms with van der Waals surface area (Å²) in [6.07, 6.45) is 2.46. The van der Waals surface area contributed by atoms with E-state index in [1.54, 1.807) is 6.26 Å². The van der Waals surface area contributed by atoms with Crippen molar-refractivity contribution < 1.29 is 9.52 Å². The van der Waals surface area contributed by atoms with Crippen molar-refractivity contribution in [1.82, 2.24) is 9.88 Å². The van der Waals surface area contributed by atoms with Crippen molar-refractivity contribution in [2.75, 3.05) is 13.2 Å². The summed E-state index contributed by atoms with van der Waals surface area (Å²) in [5.41, 5.74) is 1.81. The molecule has 0 aliphatic rings. The Labute approximate surface area is 130 Å². The minimum absolute atomic E-state index is 0.206. The molecule has 5 heteroatoms. The van der Waals surface area contributed by atoms with Crippen LogP contribution >= 0.6 is 11.6 Å². The van der Waals surface area contributed by atoms with Gasteiger partial charge in [0, 0.05) is 36.3 Å². The van der Waals surface area contributed by atoms with Crippen LogP contribution in [0, 0.1) is 0 Å². The van der Waals surface area contributed by atoms with Gasteiger partial charge in [0.15, 0.2) is 0 Å². The molecule has 0 saturated heterocycles. The van der Waals surface area contributed by atoms with Crippen molar-refractivity contribution in [1.29, 1.82) is 0 Å². The fourth-order valence-electron chi connectivity index (χ4n) is 2.11. The van der Waals surface area contributed by atoms with Gasteiger partial charge < -0.3 is 9.52 Å². The number of halogens is 1. The summed E-state index contributed by atoms with van der Waals surface area (Å²) in [5.74, 6) is 0.604. The lowest BCUT2D eigenvalue weighted by atomic mass is 10.2. The Morgan fingerprint density at radius 2 is 2.00 bits per heavy atom. The normalized spacial score (nSPS) is 11.5. The van der Waals surface area contributed by atoms with E-state index in [0.29, 0.717) is 17.0 Å². The predicted molar refractivity (Wildman–Crippen MR) is 84.2 cm³/mol. The van der Waals surface area contributed by atoms with Crippen molar-refractivity contribution in [3.05, 3.63) is 41.2 Å². The molecule has 0 saturated carbocycles. The molecule has 0 spiro atoms. The van der Waals surface area contributed by atoms with Gasteiger partial charge in [-0.05, 0) is 44.5 Å². The van der Waals surface area contributed by atoms with Crippen LogP contribution in [0.1, 0.15) is 26.0 Å². The maximum absolute atomic E-state index is 8.97. The molecule has 2 aromatic rings. The summed E-state index contributed by atoms with van der Waals surface area (Å²) < 4.78 is 5.55. The van der Waals surface area contributed by atoms with E-state index in [1.807, 2.05) is 24.3 Å². The SMILES string of the molecule is CC(C)N(CCCO)Cc1coc(-c2ccc(Cl)cc2)n1. The van der Waals surface area contributed by atoms with E-state index < -0.39 is 0 Å². The molecule has 1 N–H and O–H groups in total. The highest BCUT2D eigenvalue weighted by Gasteiger charge is 2.13. The average Bonchev–Trinajstić information content (AvgIpc) is 2.92. The molecule has 1 aromatic carbocycles. The van der Waals surface area contributed by atoms with Crippen molar-refractivity contribution in [3.63, 3.8) is 0 Å². The van der Waals surface area contributed by atoms with Crippen molar-refractivity contribution in [2.24, 2.45) is 0 Å². The number of oxazole rings is 1. The summed E-state index contributed by atoms with van der Waals surface area (Å²) in [5, 5.41) is 9.66. The third kappa shape index (κ3) is 4.56. The molecule has 2 rings (SSSR count). The number of nitrogens with zero attached hydrogens (tertiary/aromatic N) is 2. The molecule has 114 valence electrons. The highest BCUT2D eigenvalue weighted by Crippen LogP contribution is 2.21. The molecular weight excluding hydrogens is 288 g/mol. The van der Waals surface area contributed by atoms with Gasteiger partial charge in [0.25, 0.3) is 0 Å². The van der Waals surface area contributed by atoms with Crippen molar-refractivity contribution >= 4 is 11.6 Å². The van der Waals surface area contributed by atoms with Gasteiger partial charge in [0.1, 0.15) is 6.26 Å². The molecular formula is C16H21ClN2O2. The Bertz CT molecular complexity index is 552. The second-order valence-electron chi connectivity index (χ2n) is 5.29. The number of aromatic nitrogens is 1. The number of hydrogen-bond acceptors (Lipinski definition) is 4. The second kappa shape index (κ2) is 7.59. The predicted octanol–water partition coefficient (Wildman–Crippen LogP) is 3.59. The fraction of sp³-hybridized carbons (Fsp3) is 0.438. The third-order valence-electron chi connectivity index (χ3n) is 3.34. The number of benzene rings is 1. The topological polar surface area (TPSA) is 49.5 Å². The average molecular weight is 309 g/mol. The number of hydrogen-bond donors (Lipinski definition) is 1. The summed E-state index contributed by atoms with van der Waals surface area (Å²) in [6.45, 7) is 6.04. The van der Waals surface area contributed by atoms with Gasteiger partial charge in [0.05, 0.1) is 5.69 Å². The zero-order chi connectivity index (χ0) is 15.2. The molecule has 0 aliphatic heterocycles. The lowest BCUT2D eigenvalue weighted by Gasteiger charge is -2.24. The van der Waals surface area contributed by atoms with E-state index in [0.717, 1.165) is 30.8 Å². The standard InChI is InChI=1S/C16H21ClN2O2/c1-12(2)19(8-3-9-20)10-15-11-21-16(18-15)13-4-6-14(17)7-5-13/h4-7,11-12,20H,3,8-10H2,1-2H3. The fourth-order valence-corrected chi connectivity index (χ4v) is 2.23. The third-order valence-corrected chi connectivity index (χ3v) is 3.59. The largest absolute Gasteiger partial charge is 0.444 e. The maximum atomic E-state index is 8.97. The minimum Gasteiger partial charge on any atom is -0.444 e. The van der Waals surface area contributed by atoms with Crippen LogP contribution < -0.4 is 0 Å². The molecule has 1 heterocycles. The van der Waals surface area contributed by atoms with Crippen LogP contribution in [0.4, 0.5) is 0 Å². The van der Waals surface area contributed by atoms with Crippen molar-refractivity contribution in [3.8, 4) is 11.5 Å². The van der Waals surface area contributed by atoms with Crippen LogP contribution in [0.3, 0.4) is 0 Å². The van der Waals surface area contributed by atoms with E-state index in [1.165, 1.54) is 0 Å². The van der Waals surface area contributed by atoms with Crippen molar-refractivity contribution in [2.45, 2.75) is 32.9 Å². The summed E-state index contributed by atoms with van der Waals surface area (Å²) in [4.78, 5) is 6.79. The van der Waals surface area contributed by atoms with Crippen LogP contribution in [-0.2, 0) is 6.54 Å². The number of rotatable bonds is 7. The van der Waals surface area contributed by atoms with Crippen LogP contribution in [0.5, 0.6) is 0 Å². The lowest BCUT2D eigenvalue weighted by Crippen LogP contribution is -2.31. The first-order valence-electron chi connectivity index (χ1n) is 7.15. The maximum Gasteiger partial charge on any atom is 0.226 e. The van der Waals surface area contributed by atoms with Gasteiger partial charge in [0.2, 0.25) is 5.89 Å². The van der Waals surface area contributed by atoms with E-state index in [9.17, 15) is 0 Å². The Morgan fingerprint density at radius 1 is 1.29 bits per heavy atom. The zero-order valence-electron chi connectivity index (χ0n) is 12.4. The van der Waals surface area contributed by atoms with E-state index in [2.05, 4.69) is 23.7 Å². The minimum atomic E-state index is 0.206. The molecule has 0 radical (unpaired) electrons. The van der Waals surface area contributed by atoms with Crippen LogP contribution in [-0.4, -0.2) is 34.2 Å². The van der Waals surface area contributed by atoms with E-state index >= 15 is 0 Å². The van der Waals surface area contributed by atoms with Gasteiger partial charge >= 0.3 is 0 Å². The lowest BCUT2D eigenvalue weighted by molar-refractivity contribution is 0.183. The van der Waals surface area contributed by atoms with Gasteiger partial charge in [-0.3, -0.25) is 4.90 Å². The zero-order valence-corrected chi connectivity index (χ0v) is 13.2. The Balaban J connectivity index is 2.06. The Hall–Kier alpha value is -1.36. The summed E-state index contributed by atoms with van der Waals surface area (Å²) in [6, 6.07) is 7.82. The van der Waals surface area contributed by atoms with Crippen LogP contribution in [0.15, 0.2) is 34.9 Å². The first-order chi connectivity index (χ1) is 10.1. The number of aliphatic hydroxyl groups excluding tert-OH is 1. The molecule has 0 amide bonds. The van der Waals surface area contributed by atoms with Crippen LogP contribution in [0.2, 0.25) is 5.02 Å². The van der Waals surface area contributed by atoms with Gasteiger partial charge in [-0.15, -0.1) is 0 Å². The van der Waals surface area contributed by atoms with Gasteiger partial charge in [-0.25, -0.2) is 4.98 Å².